The molecule has 2 unspecified atom stereocenters. The number of benzene rings is 1. The molecule has 1 N–H and O–H groups in total. The summed E-state index contributed by atoms with van der Waals surface area (Å²) in [6.45, 7) is 7.66. The topological polar surface area (TPSA) is 98.7 Å². The van der Waals surface area contributed by atoms with Gasteiger partial charge < -0.3 is 10.2 Å². The molecule has 2 fully saturated rings. The van der Waals surface area contributed by atoms with E-state index in [1.807, 2.05) is 0 Å². The van der Waals surface area contributed by atoms with E-state index in [1.54, 1.807) is 6.07 Å². The van der Waals surface area contributed by atoms with Crippen molar-refractivity contribution in [2.24, 2.45) is 0 Å². The van der Waals surface area contributed by atoms with Crippen molar-refractivity contribution in [1.82, 2.24) is 24.5 Å². The van der Waals surface area contributed by atoms with E-state index in [0.29, 0.717) is 59.2 Å². The first-order valence-corrected chi connectivity index (χ1v) is 17.1. The largest absolute Gasteiger partial charge is 0.416 e. The molecule has 2 saturated heterocycles. The van der Waals surface area contributed by atoms with Crippen LogP contribution >= 0.6 is 22.9 Å². The van der Waals surface area contributed by atoms with Crippen LogP contribution in [-0.4, -0.2) is 78.3 Å². The van der Waals surface area contributed by atoms with Gasteiger partial charge in [0, 0.05) is 31.2 Å². The van der Waals surface area contributed by atoms with Crippen LogP contribution in [0.4, 0.5) is 19.1 Å². The summed E-state index contributed by atoms with van der Waals surface area (Å²) in [4.78, 5) is 27.2. The molecule has 1 amide bonds. The number of anilines is 1. The lowest BCUT2D eigenvalue weighted by molar-refractivity contribution is -0.137. The Morgan fingerprint density at radius 1 is 1.09 bits per heavy atom. The Balaban J connectivity index is 1.38. The van der Waals surface area contributed by atoms with Gasteiger partial charge in [0.2, 0.25) is 11.9 Å². The van der Waals surface area contributed by atoms with Gasteiger partial charge in [-0.05, 0) is 62.7 Å². The summed E-state index contributed by atoms with van der Waals surface area (Å²) >= 11 is 6.90. The minimum Gasteiger partial charge on any atom is -0.349 e. The number of alkyl halides is 3. The average Bonchev–Trinajstić information content (AvgIpc) is 3.78. The monoisotopic (exact) mass is 670 g/mol. The molecule has 0 spiro atoms. The number of rotatable bonds is 10. The van der Waals surface area contributed by atoms with Crippen LogP contribution in [-0.2, 0) is 27.5 Å². The number of nitrogens with zero attached hydrogens (tertiary/aromatic N) is 5. The molecular formula is C29H34ClF3N6O3S2. The van der Waals surface area contributed by atoms with Gasteiger partial charge in [-0.3, -0.25) is 9.69 Å². The predicted octanol–water partition coefficient (Wildman–Crippen LogP) is 5.27. The van der Waals surface area contributed by atoms with Crippen LogP contribution in [0.25, 0.3) is 11.3 Å². The maximum absolute atomic E-state index is 13.3. The predicted molar refractivity (Wildman–Crippen MR) is 164 cm³/mol. The van der Waals surface area contributed by atoms with Gasteiger partial charge in [-0.15, -0.1) is 11.3 Å². The summed E-state index contributed by atoms with van der Waals surface area (Å²) in [5, 5.41) is 2.84. The second-order valence-electron chi connectivity index (χ2n) is 10.8. The quantitative estimate of drug-likeness (QED) is 0.314. The second kappa shape index (κ2) is 13.3. The lowest BCUT2D eigenvalue weighted by Crippen LogP contribution is -2.45. The Morgan fingerprint density at radius 3 is 2.45 bits per heavy atom. The van der Waals surface area contributed by atoms with Gasteiger partial charge in [0.15, 0.2) is 0 Å². The second-order valence-corrected chi connectivity index (χ2v) is 14.6. The molecule has 238 valence electrons. The van der Waals surface area contributed by atoms with Gasteiger partial charge in [0.1, 0.15) is 10.3 Å². The van der Waals surface area contributed by atoms with Crippen LogP contribution in [0.5, 0.6) is 0 Å². The van der Waals surface area contributed by atoms with E-state index in [2.05, 4.69) is 29.0 Å². The first-order valence-electron chi connectivity index (χ1n) is 14.5. The van der Waals surface area contributed by atoms with Crippen molar-refractivity contribution in [3.8, 4) is 11.3 Å². The smallest absolute Gasteiger partial charge is 0.349 e. The molecule has 2 atom stereocenters. The Bertz CT molecular complexity index is 1580. The fourth-order valence-corrected chi connectivity index (χ4v) is 9.06. The maximum Gasteiger partial charge on any atom is 0.416 e. The number of hydrogen-bond acceptors (Lipinski definition) is 8. The molecular weight excluding hydrogens is 637 g/mol. The van der Waals surface area contributed by atoms with E-state index >= 15 is 0 Å². The number of aromatic nitrogens is 2. The highest BCUT2D eigenvalue weighted by molar-refractivity contribution is 7.91. The molecule has 4 heterocycles. The lowest BCUT2D eigenvalue weighted by atomic mass is 10.1. The third-order valence-corrected chi connectivity index (χ3v) is 11.7. The lowest BCUT2D eigenvalue weighted by Gasteiger charge is -2.26. The number of likely N-dealkylation sites (N-methyl/N-ethyl adjacent to an activating group) is 1. The van der Waals surface area contributed by atoms with E-state index < -0.39 is 33.7 Å². The Labute approximate surface area is 264 Å². The molecule has 0 bridgehead atoms. The van der Waals surface area contributed by atoms with Crippen molar-refractivity contribution in [2.45, 2.75) is 62.1 Å². The van der Waals surface area contributed by atoms with Crippen LogP contribution in [0.1, 0.15) is 44.4 Å². The molecule has 1 aromatic carbocycles. The summed E-state index contributed by atoms with van der Waals surface area (Å²) in [6.07, 6.45) is -2.63. The average molecular weight is 671 g/mol. The standard InChI is InChI=1S/C29H34ClF3N6O3S2/c1-3-37(4-2)22-13-15-38(18-22)28-35-21(16-23(36-28)19-7-9-20(10-8-19)29(31,32)33)17-34-27(40)24-6-5-14-39(24)44(41,42)26-12-11-25(30)43-26/h7-12,16,22,24H,3-6,13-15,17-18H2,1-2H3,(H,34,40). The molecule has 0 aliphatic carbocycles. The molecule has 2 aliphatic rings. The Morgan fingerprint density at radius 2 is 1.82 bits per heavy atom. The summed E-state index contributed by atoms with van der Waals surface area (Å²) in [5.41, 5.74) is 0.614. The summed E-state index contributed by atoms with van der Waals surface area (Å²) in [7, 11) is -3.90. The molecule has 5 rings (SSSR count). The fraction of sp³-hybridized carbons (Fsp3) is 0.483. The molecule has 44 heavy (non-hydrogen) atoms. The third-order valence-electron chi connectivity index (χ3n) is 8.11. The van der Waals surface area contributed by atoms with Crippen LogP contribution < -0.4 is 10.2 Å². The third kappa shape index (κ3) is 7.04. The van der Waals surface area contributed by atoms with Gasteiger partial charge in [0.25, 0.3) is 10.0 Å². The SMILES string of the molecule is CCN(CC)C1CCN(c2nc(CNC(=O)C3CCCN3S(=O)(=O)c3ccc(Cl)s3)cc(-c3ccc(C(F)(F)F)cc3)n2)C1. The van der Waals surface area contributed by atoms with Crippen molar-refractivity contribution in [3.05, 3.63) is 58.1 Å². The van der Waals surface area contributed by atoms with Crippen molar-refractivity contribution < 1.29 is 26.4 Å². The highest BCUT2D eigenvalue weighted by Crippen LogP contribution is 2.33. The van der Waals surface area contributed by atoms with Gasteiger partial charge in [-0.25, -0.2) is 18.4 Å². The van der Waals surface area contributed by atoms with Gasteiger partial charge in [-0.1, -0.05) is 37.6 Å². The zero-order valence-electron chi connectivity index (χ0n) is 24.3. The molecule has 3 aromatic rings. The van der Waals surface area contributed by atoms with E-state index in [-0.39, 0.29) is 17.3 Å². The normalized spacial score (nSPS) is 19.7. The van der Waals surface area contributed by atoms with Gasteiger partial charge >= 0.3 is 6.18 Å². The van der Waals surface area contributed by atoms with Crippen molar-refractivity contribution >= 4 is 44.8 Å². The van der Waals surface area contributed by atoms with Crippen LogP contribution in [0.3, 0.4) is 0 Å². The Hall–Kier alpha value is -2.78. The van der Waals surface area contributed by atoms with Crippen molar-refractivity contribution in [2.75, 3.05) is 37.6 Å². The minimum absolute atomic E-state index is 0.00941. The van der Waals surface area contributed by atoms with Gasteiger partial charge in [0.05, 0.1) is 27.8 Å². The molecule has 9 nitrogen and oxygen atoms in total. The number of carbonyl (C=O) groups is 1. The Kier molecular flexibility index (Phi) is 9.85. The molecule has 0 radical (unpaired) electrons. The van der Waals surface area contributed by atoms with Crippen molar-refractivity contribution in [3.63, 3.8) is 0 Å². The van der Waals surface area contributed by atoms with Gasteiger partial charge in [-0.2, -0.15) is 17.5 Å². The highest BCUT2D eigenvalue weighted by Gasteiger charge is 2.40. The van der Waals surface area contributed by atoms with E-state index in [4.69, 9.17) is 21.6 Å². The molecule has 15 heteroatoms. The van der Waals surface area contributed by atoms with Crippen LogP contribution in [0, 0.1) is 0 Å². The zero-order valence-corrected chi connectivity index (χ0v) is 26.7. The zero-order chi connectivity index (χ0) is 31.6. The minimum atomic E-state index is -4.46. The number of amides is 1. The van der Waals surface area contributed by atoms with E-state index in [1.165, 1.54) is 28.6 Å². The number of hydrogen-bond donors (Lipinski definition) is 1. The molecule has 2 aliphatic heterocycles. The summed E-state index contributed by atoms with van der Waals surface area (Å²) < 4.78 is 67.7. The first-order chi connectivity index (χ1) is 20.9. The number of halogens is 4. The highest BCUT2D eigenvalue weighted by atomic mass is 35.5. The number of thiophene rings is 1. The summed E-state index contributed by atoms with van der Waals surface area (Å²) in [5.74, 6) is -0.0197. The number of sulfonamides is 1. The maximum atomic E-state index is 13.3. The van der Waals surface area contributed by atoms with Crippen molar-refractivity contribution in [1.29, 1.82) is 0 Å². The van der Waals surface area contributed by atoms with Crippen LogP contribution in [0.2, 0.25) is 4.34 Å². The number of carbonyl (C=O) groups excluding carboxylic acids is 1. The fourth-order valence-electron chi connectivity index (χ4n) is 5.79. The first kappa shape index (κ1) is 32.6. The van der Waals surface area contributed by atoms with E-state index in [0.717, 1.165) is 43.0 Å². The number of nitrogens with one attached hydrogen (secondary N) is 1. The van der Waals surface area contributed by atoms with Crippen LogP contribution in [0.15, 0.2) is 46.7 Å². The van der Waals surface area contributed by atoms with E-state index in [9.17, 15) is 26.4 Å². The molecule has 2 aromatic heterocycles. The summed E-state index contributed by atoms with van der Waals surface area (Å²) in [6, 6.07) is 8.79. The molecule has 0 saturated carbocycles.